The van der Waals surface area contributed by atoms with Crippen molar-refractivity contribution in [1.82, 2.24) is 0 Å². The molecule has 180 valence electrons. The average molecular weight is 473 g/mol. The molecule has 0 bridgehead atoms. The number of ether oxygens (including phenoxy) is 3. The monoisotopic (exact) mass is 472 g/mol. The second-order valence-corrected chi connectivity index (χ2v) is 8.03. The quantitative estimate of drug-likeness (QED) is 0.265. The lowest BCUT2D eigenvalue weighted by Gasteiger charge is -2.27. The minimum absolute atomic E-state index is 0.281. The van der Waals surface area contributed by atoms with E-state index in [0.29, 0.717) is 11.5 Å². The minimum Gasteiger partial charge on any atom is -0.451 e. The topological polar surface area (TPSA) is 78.9 Å². The molecule has 1 aliphatic carbocycles. The Morgan fingerprint density at radius 1 is 0.886 bits per heavy atom. The summed E-state index contributed by atoms with van der Waals surface area (Å²) in [5.41, 5.74) is 5.87. The van der Waals surface area contributed by atoms with E-state index in [0.717, 1.165) is 36.1 Å². The van der Waals surface area contributed by atoms with E-state index in [-0.39, 0.29) is 5.92 Å². The van der Waals surface area contributed by atoms with Crippen LogP contribution in [-0.4, -0.2) is 24.5 Å². The molecule has 0 saturated carbocycles. The molecule has 6 heteroatoms. The van der Waals surface area contributed by atoms with Crippen molar-refractivity contribution in [2.75, 3.05) is 6.61 Å². The third-order valence-electron chi connectivity index (χ3n) is 5.60. The zero-order chi connectivity index (χ0) is 25.4. The van der Waals surface area contributed by atoms with Gasteiger partial charge in [-0.05, 0) is 70.9 Å². The predicted octanol–water partition coefficient (Wildman–Crippen LogP) is 5.70. The molecule has 2 aromatic rings. The third-order valence-corrected chi connectivity index (χ3v) is 5.60. The maximum Gasteiger partial charge on any atom is 0.349 e. The van der Waals surface area contributed by atoms with Gasteiger partial charge in [-0.15, -0.1) is 0 Å². The number of rotatable bonds is 9. The number of allylic oxidation sites excluding steroid dienone is 4. The predicted molar refractivity (Wildman–Crippen MR) is 134 cm³/mol. The van der Waals surface area contributed by atoms with Crippen LogP contribution in [0.5, 0.6) is 11.5 Å². The van der Waals surface area contributed by atoms with Crippen LogP contribution < -0.4 is 9.47 Å². The van der Waals surface area contributed by atoms with Crippen LogP contribution in [0.3, 0.4) is 0 Å². The second kappa shape index (κ2) is 11.8. The number of hydrogen-bond donors (Lipinski definition) is 0. The molecule has 1 unspecified atom stereocenters. The van der Waals surface area contributed by atoms with E-state index in [9.17, 15) is 14.4 Å². The van der Waals surface area contributed by atoms with Gasteiger partial charge in [0.05, 0.1) is 0 Å². The van der Waals surface area contributed by atoms with Crippen molar-refractivity contribution < 1.29 is 28.6 Å². The molecule has 6 nitrogen and oxygen atoms in total. The standard InChI is InChI=1S/C29H28O6/c1-5-20-17-23(21-8-12-25(13-9-21)35-28(32)18-33-26(30)6-2)16-19(4)29(20)22-10-14-24(15-11-22)34-27(31)7-3/h6-15,17,19H,2-3,5,16,18H2,1,4H3. The van der Waals surface area contributed by atoms with Gasteiger partial charge in [0.25, 0.3) is 0 Å². The fourth-order valence-electron chi connectivity index (χ4n) is 4.01. The summed E-state index contributed by atoms with van der Waals surface area (Å²) in [6.07, 6.45) is 6.06. The van der Waals surface area contributed by atoms with Crippen LogP contribution in [0.2, 0.25) is 0 Å². The minimum atomic E-state index is -0.679. The molecule has 0 saturated heterocycles. The smallest absolute Gasteiger partial charge is 0.349 e. The number of carbonyl (C=O) groups is 3. The van der Waals surface area contributed by atoms with Gasteiger partial charge < -0.3 is 14.2 Å². The summed E-state index contributed by atoms with van der Waals surface area (Å²) in [7, 11) is 0. The first-order valence-electron chi connectivity index (χ1n) is 11.3. The zero-order valence-electron chi connectivity index (χ0n) is 19.9. The summed E-state index contributed by atoms with van der Waals surface area (Å²) in [5.74, 6) is -0.685. The van der Waals surface area contributed by atoms with Crippen LogP contribution in [0.1, 0.15) is 37.8 Å². The summed E-state index contributed by atoms with van der Waals surface area (Å²) < 4.78 is 15.1. The normalized spacial score (nSPS) is 15.0. The van der Waals surface area contributed by atoms with Crippen molar-refractivity contribution in [2.45, 2.75) is 26.7 Å². The molecule has 3 rings (SSSR count). The number of benzene rings is 2. The Bertz CT molecular complexity index is 1180. The summed E-state index contributed by atoms with van der Waals surface area (Å²) in [6.45, 7) is 10.5. The molecule has 1 atom stereocenters. The van der Waals surface area contributed by atoms with Crippen LogP contribution >= 0.6 is 0 Å². The van der Waals surface area contributed by atoms with Gasteiger partial charge in [0.15, 0.2) is 6.61 Å². The molecule has 0 fully saturated rings. The van der Waals surface area contributed by atoms with Gasteiger partial charge >= 0.3 is 17.9 Å². The van der Waals surface area contributed by atoms with E-state index in [1.165, 1.54) is 16.7 Å². The van der Waals surface area contributed by atoms with Crippen molar-refractivity contribution in [3.63, 3.8) is 0 Å². The van der Waals surface area contributed by atoms with E-state index in [2.05, 4.69) is 37.8 Å². The first-order valence-corrected chi connectivity index (χ1v) is 11.3. The molecule has 0 amide bonds. The summed E-state index contributed by atoms with van der Waals surface area (Å²) in [6, 6.07) is 14.8. The van der Waals surface area contributed by atoms with Crippen molar-refractivity contribution in [3.8, 4) is 11.5 Å². The molecule has 0 heterocycles. The first-order chi connectivity index (χ1) is 16.8. The Morgan fingerprint density at radius 2 is 1.46 bits per heavy atom. The molecule has 1 aliphatic rings. The Balaban J connectivity index is 1.76. The Morgan fingerprint density at radius 3 is 2.03 bits per heavy atom. The fraction of sp³-hybridized carbons (Fsp3) is 0.207. The largest absolute Gasteiger partial charge is 0.451 e. The van der Waals surface area contributed by atoms with Gasteiger partial charge in [0, 0.05) is 12.2 Å². The average Bonchev–Trinajstić information content (AvgIpc) is 2.87. The molecule has 35 heavy (non-hydrogen) atoms. The molecule has 0 aromatic heterocycles. The highest BCUT2D eigenvalue weighted by atomic mass is 16.6. The van der Waals surface area contributed by atoms with Crippen LogP contribution in [-0.2, 0) is 19.1 Å². The zero-order valence-corrected chi connectivity index (χ0v) is 19.9. The van der Waals surface area contributed by atoms with Crippen molar-refractivity contribution in [1.29, 1.82) is 0 Å². The molecule has 0 N–H and O–H groups in total. The Labute approximate surface area is 205 Å². The van der Waals surface area contributed by atoms with E-state index >= 15 is 0 Å². The van der Waals surface area contributed by atoms with Crippen LogP contribution in [0.4, 0.5) is 0 Å². The lowest BCUT2D eigenvalue weighted by molar-refractivity contribution is -0.150. The maximum absolute atomic E-state index is 11.8. The molecule has 0 spiro atoms. The van der Waals surface area contributed by atoms with Gasteiger partial charge in [-0.2, -0.15) is 0 Å². The molecular weight excluding hydrogens is 444 g/mol. The van der Waals surface area contributed by atoms with Crippen LogP contribution in [0, 0.1) is 5.92 Å². The molecule has 0 aliphatic heterocycles. The van der Waals surface area contributed by atoms with Crippen LogP contribution in [0.25, 0.3) is 11.1 Å². The molecular formula is C29H28O6. The van der Waals surface area contributed by atoms with Crippen molar-refractivity contribution in [2.24, 2.45) is 5.92 Å². The first kappa shape index (κ1) is 25.4. The third kappa shape index (κ3) is 6.67. The fourth-order valence-corrected chi connectivity index (χ4v) is 4.01. The van der Waals surface area contributed by atoms with E-state index in [4.69, 9.17) is 9.47 Å². The lowest BCUT2D eigenvalue weighted by atomic mass is 9.78. The van der Waals surface area contributed by atoms with Crippen molar-refractivity contribution >= 4 is 29.1 Å². The van der Waals surface area contributed by atoms with E-state index < -0.39 is 24.5 Å². The SMILES string of the molecule is C=CC(=O)OCC(=O)Oc1ccc(C2=CC(CC)=C(c3ccc(OC(=O)C=C)cc3)C(C)C2)cc1. The Hall–Kier alpha value is -4.19. The van der Waals surface area contributed by atoms with E-state index in [1.807, 2.05) is 24.3 Å². The number of carbonyl (C=O) groups excluding carboxylic acids is 3. The molecule has 2 aromatic carbocycles. The number of hydrogen-bond acceptors (Lipinski definition) is 6. The van der Waals surface area contributed by atoms with E-state index in [1.54, 1.807) is 24.3 Å². The highest BCUT2D eigenvalue weighted by Crippen LogP contribution is 2.41. The summed E-state index contributed by atoms with van der Waals surface area (Å²) in [4.78, 5) is 34.3. The van der Waals surface area contributed by atoms with Crippen LogP contribution in [0.15, 0.2) is 85.5 Å². The summed E-state index contributed by atoms with van der Waals surface area (Å²) in [5, 5.41) is 0. The lowest BCUT2D eigenvalue weighted by Crippen LogP contribution is -2.17. The molecule has 0 radical (unpaired) electrons. The highest BCUT2D eigenvalue weighted by molar-refractivity contribution is 5.85. The number of esters is 3. The summed E-state index contributed by atoms with van der Waals surface area (Å²) >= 11 is 0. The highest BCUT2D eigenvalue weighted by Gasteiger charge is 2.22. The van der Waals surface area contributed by atoms with Gasteiger partial charge in [-0.3, -0.25) is 0 Å². The van der Waals surface area contributed by atoms with Gasteiger partial charge in [-0.1, -0.05) is 57.3 Å². The van der Waals surface area contributed by atoms with Crippen molar-refractivity contribution in [3.05, 3.63) is 96.6 Å². The second-order valence-electron chi connectivity index (χ2n) is 8.03. The maximum atomic E-state index is 11.8. The Kier molecular flexibility index (Phi) is 8.57. The van der Waals surface area contributed by atoms with Gasteiger partial charge in [0.1, 0.15) is 11.5 Å². The van der Waals surface area contributed by atoms with Gasteiger partial charge in [-0.25, -0.2) is 14.4 Å². The van der Waals surface area contributed by atoms with Gasteiger partial charge in [0.2, 0.25) is 0 Å².